The van der Waals surface area contributed by atoms with Crippen molar-refractivity contribution >= 4 is 19.4 Å². The van der Waals surface area contributed by atoms with Crippen molar-refractivity contribution in [2.45, 2.75) is 74.6 Å². The van der Waals surface area contributed by atoms with Crippen LogP contribution in [0.4, 0.5) is 0 Å². The molecule has 0 bridgehead atoms. The van der Waals surface area contributed by atoms with Crippen LogP contribution in [-0.2, 0) is 16.5 Å². The molecule has 2 aromatic rings. The predicted octanol–water partition coefficient (Wildman–Crippen LogP) is 6.51. The van der Waals surface area contributed by atoms with E-state index in [-0.39, 0.29) is 6.16 Å². The monoisotopic (exact) mass is 475 g/mol. The molecule has 2 aromatic carbocycles. The van der Waals surface area contributed by atoms with Gasteiger partial charge in [-0.15, -0.1) is 11.8 Å². The van der Waals surface area contributed by atoms with Crippen LogP contribution in [0.25, 0.3) is 0 Å². The molecule has 0 aromatic heterocycles. The number of unbranched alkanes of at least 4 members (excludes halogenated alkanes) is 1. The van der Waals surface area contributed by atoms with Crippen molar-refractivity contribution in [2.24, 2.45) is 0 Å². The van der Waals surface area contributed by atoms with E-state index in [0.717, 1.165) is 12.3 Å². The Kier molecular flexibility index (Phi) is 10.3. The van der Waals surface area contributed by atoms with Crippen molar-refractivity contribution in [2.75, 3.05) is 18.5 Å². The van der Waals surface area contributed by atoms with Gasteiger partial charge in [-0.3, -0.25) is 4.57 Å². The van der Waals surface area contributed by atoms with Gasteiger partial charge in [0, 0.05) is 11.4 Å². The molecule has 3 rings (SSSR count). The Labute approximate surface area is 197 Å². The van der Waals surface area contributed by atoms with Crippen LogP contribution in [0, 0.1) is 0 Å². The Morgan fingerprint density at radius 3 is 2.31 bits per heavy atom. The average Bonchev–Trinajstić information content (AvgIpc) is 2.80. The zero-order valence-electron chi connectivity index (χ0n) is 19.0. The maximum Gasteiger partial charge on any atom is 0.325 e. The second kappa shape index (κ2) is 13.0. The smallest absolute Gasteiger partial charge is 0.324 e. The van der Waals surface area contributed by atoms with Gasteiger partial charge in [0.05, 0.1) is 6.16 Å². The highest BCUT2D eigenvalue weighted by Crippen LogP contribution is 2.43. The fraction of sp³-hybridized carbons (Fsp3) is 0.538. The van der Waals surface area contributed by atoms with E-state index in [1.165, 1.54) is 61.8 Å². The van der Waals surface area contributed by atoms with Gasteiger partial charge in [0.1, 0.15) is 0 Å². The normalized spacial score (nSPS) is 16.2. The van der Waals surface area contributed by atoms with E-state index < -0.39 is 7.60 Å². The Bertz CT molecular complexity index is 832. The van der Waals surface area contributed by atoms with Gasteiger partial charge in [0.2, 0.25) is 0 Å². The van der Waals surface area contributed by atoms with E-state index in [9.17, 15) is 4.57 Å². The summed E-state index contributed by atoms with van der Waals surface area (Å²) in [5.74, 6) is 1.16. The summed E-state index contributed by atoms with van der Waals surface area (Å²) in [5, 5.41) is 3.25. The zero-order chi connectivity index (χ0) is 22.7. The van der Waals surface area contributed by atoms with Gasteiger partial charge >= 0.3 is 7.60 Å². The minimum Gasteiger partial charge on any atom is -0.324 e. The van der Waals surface area contributed by atoms with Gasteiger partial charge in [-0.05, 0) is 73.1 Å². The molecule has 3 N–H and O–H groups in total. The fourth-order valence-corrected chi connectivity index (χ4v) is 6.29. The lowest BCUT2D eigenvalue weighted by molar-refractivity contribution is 0.268. The van der Waals surface area contributed by atoms with Gasteiger partial charge in [-0.1, -0.05) is 68.1 Å². The van der Waals surface area contributed by atoms with Gasteiger partial charge in [-0.2, -0.15) is 0 Å². The van der Waals surface area contributed by atoms with Crippen molar-refractivity contribution in [3.63, 3.8) is 0 Å². The number of thioether (sulfide) groups is 1. The molecular weight excluding hydrogens is 437 g/mol. The first-order valence-electron chi connectivity index (χ1n) is 12.0. The molecule has 0 radical (unpaired) electrons. The SMILES string of the molecule is O=P(O)(O)CCCNCc1ccc(SCCCCC2(c3ccccc3)CCCCC2)cc1. The minimum atomic E-state index is -3.87. The first kappa shape index (κ1) is 25.5. The maximum atomic E-state index is 10.9. The van der Waals surface area contributed by atoms with Gasteiger partial charge < -0.3 is 15.1 Å². The van der Waals surface area contributed by atoms with E-state index >= 15 is 0 Å². The second-order valence-corrected chi connectivity index (χ2v) is 12.0. The largest absolute Gasteiger partial charge is 0.325 e. The average molecular weight is 476 g/mol. The molecule has 176 valence electrons. The summed E-state index contributed by atoms with van der Waals surface area (Å²) in [5.41, 5.74) is 3.16. The van der Waals surface area contributed by atoms with Crippen molar-refractivity contribution in [3.8, 4) is 0 Å². The molecule has 1 fully saturated rings. The third-order valence-electron chi connectivity index (χ3n) is 6.57. The molecule has 1 aliphatic rings. The molecule has 0 unspecified atom stereocenters. The predicted molar refractivity (Wildman–Crippen MR) is 135 cm³/mol. The summed E-state index contributed by atoms with van der Waals surface area (Å²) < 4.78 is 10.9. The molecule has 1 aliphatic carbocycles. The van der Waals surface area contributed by atoms with E-state index in [0.29, 0.717) is 18.4 Å². The highest BCUT2D eigenvalue weighted by molar-refractivity contribution is 7.99. The van der Waals surface area contributed by atoms with E-state index in [2.05, 4.69) is 59.9 Å². The Morgan fingerprint density at radius 1 is 0.906 bits per heavy atom. The molecule has 0 heterocycles. The van der Waals surface area contributed by atoms with Crippen LogP contribution >= 0.6 is 19.4 Å². The van der Waals surface area contributed by atoms with E-state index in [1.807, 2.05) is 11.8 Å². The van der Waals surface area contributed by atoms with Crippen molar-refractivity contribution in [1.29, 1.82) is 0 Å². The lowest BCUT2D eigenvalue weighted by atomic mass is 9.67. The number of benzene rings is 2. The molecule has 0 atom stereocenters. The summed E-state index contributed by atoms with van der Waals surface area (Å²) >= 11 is 1.94. The molecule has 4 nitrogen and oxygen atoms in total. The second-order valence-electron chi connectivity index (χ2n) is 9.08. The molecule has 1 saturated carbocycles. The van der Waals surface area contributed by atoms with Crippen LogP contribution in [-0.4, -0.2) is 28.2 Å². The van der Waals surface area contributed by atoms with Crippen molar-refractivity contribution in [1.82, 2.24) is 5.32 Å². The standard InChI is InChI=1S/C26H38NO3PS/c28-31(29,30)20-9-19-27-22-23-12-14-25(15-13-23)32-21-8-7-18-26(16-5-2-6-17-26)24-10-3-1-4-11-24/h1,3-4,10-15,27H,2,5-9,16-22H2,(H2,28,29,30). The summed E-state index contributed by atoms with van der Waals surface area (Å²) in [6.45, 7) is 1.35. The number of nitrogens with one attached hydrogen (secondary N) is 1. The third kappa shape index (κ3) is 8.68. The molecule has 0 aliphatic heterocycles. The van der Waals surface area contributed by atoms with E-state index in [1.54, 1.807) is 5.56 Å². The number of hydrogen-bond donors (Lipinski definition) is 3. The van der Waals surface area contributed by atoms with Crippen LogP contribution in [0.15, 0.2) is 59.5 Å². The third-order valence-corrected chi connectivity index (χ3v) is 8.57. The minimum absolute atomic E-state index is 0.0535. The van der Waals surface area contributed by atoms with Crippen LogP contribution in [0.5, 0.6) is 0 Å². The van der Waals surface area contributed by atoms with Gasteiger partial charge in [0.15, 0.2) is 0 Å². The lowest BCUT2D eigenvalue weighted by Crippen LogP contribution is -2.29. The summed E-state index contributed by atoms with van der Waals surface area (Å²) in [6.07, 6.45) is 11.1. The Hall–Kier alpha value is -1.10. The summed E-state index contributed by atoms with van der Waals surface area (Å²) in [4.78, 5) is 19.1. The molecule has 0 amide bonds. The Morgan fingerprint density at radius 2 is 1.62 bits per heavy atom. The fourth-order valence-electron chi connectivity index (χ4n) is 4.81. The molecule has 32 heavy (non-hydrogen) atoms. The lowest BCUT2D eigenvalue weighted by Gasteiger charge is -2.38. The van der Waals surface area contributed by atoms with Crippen LogP contribution in [0.3, 0.4) is 0 Å². The molecule has 0 saturated heterocycles. The van der Waals surface area contributed by atoms with E-state index in [4.69, 9.17) is 9.79 Å². The van der Waals surface area contributed by atoms with Crippen molar-refractivity contribution in [3.05, 3.63) is 65.7 Å². The van der Waals surface area contributed by atoms with Gasteiger partial charge in [-0.25, -0.2) is 0 Å². The number of hydrogen-bond acceptors (Lipinski definition) is 3. The molecule has 6 heteroatoms. The molecule has 0 spiro atoms. The van der Waals surface area contributed by atoms with Crippen molar-refractivity contribution < 1.29 is 14.4 Å². The quantitative estimate of drug-likeness (QED) is 0.175. The van der Waals surface area contributed by atoms with Crippen LogP contribution in [0.2, 0.25) is 0 Å². The summed E-state index contributed by atoms with van der Waals surface area (Å²) in [6, 6.07) is 19.9. The first-order valence-corrected chi connectivity index (χ1v) is 14.8. The Balaban J connectivity index is 1.35. The van der Waals surface area contributed by atoms with Gasteiger partial charge in [0.25, 0.3) is 0 Å². The maximum absolute atomic E-state index is 10.9. The van der Waals surface area contributed by atoms with Crippen LogP contribution in [0.1, 0.15) is 68.9 Å². The topological polar surface area (TPSA) is 69.6 Å². The van der Waals surface area contributed by atoms with Crippen LogP contribution < -0.4 is 5.32 Å². The highest BCUT2D eigenvalue weighted by Gasteiger charge is 2.32. The zero-order valence-corrected chi connectivity index (χ0v) is 20.8. The number of rotatable bonds is 13. The highest BCUT2D eigenvalue weighted by atomic mass is 32.2. The summed E-state index contributed by atoms with van der Waals surface area (Å²) in [7, 11) is -3.87. The molecular formula is C26H38NO3PS. The first-order chi connectivity index (χ1) is 15.5.